The van der Waals surface area contributed by atoms with Gasteiger partial charge in [0.15, 0.2) is 11.8 Å². The summed E-state index contributed by atoms with van der Waals surface area (Å²) < 4.78 is 12.8. The maximum atomic E-state index is 5.50. The van der Waals surface area contributed by atoms with Crippen LogP contribution >= 0.6 is 24.0 Å². The van der Waals surface area contributed by atoms with Crippen molar-refractivity contribution in [2.75, 3.05) is 27.3 Å². The number of H-pyrrole nitrogens is 1. The number of hydrogen-bond donors (Lipinski definition) is 3. The smallest absolute Gasteiger partial charge is 0.191 e. The Balaban J connectivity index is 0.00000363. The van der Waals surface area contributed by atoms with Crippen molar-refractivity contribution in [3.8, 4) is 11.5 Å². The van der Waals surface area contributed by atoms with Crippen LogP contribution in [-0.2, 0) is 20.0 Å². The first-order valence-corrected chi connectivity index (χ1v) is 10.3. The molecule has 3 N–H and O–H groups in total. The molecule has 32 heavy (non-hydrogen) atoms. The molecule has 10 heteroatoms. The van der Waals surface area contributed by atoms with Crippen molar-refractivity contribution < 1.29 is 9.47 Å². The van der Waals surface area contributed by atoms with Gasteiger partial charge < -0.3 is 29.7 Å². The maximum absolute atomic E-state index is 5.50. The quantitative estimate of drug-likeness (QED) is 0.117. The summed E-state index contributed by atoms with van der Waals surface area (Å²) in [6.45, 7) is 7.54. The number of aliphatic imine (C=N–C) groups is 1. The summed E-state index contributed by atoms with van der Waals surface area (Å²) in [6, 6.07) is 6.01. The molecule has 174 valence electrons. The Bertz CT molecular complexity index is 1060. The molecule has 1 aromatic carbocycles. The van der Waals surface area contributed by atoms with E-state index in [1.165, 1.54) is 0 Å². The molecule has 2 aromatic heterocycles. The molecular formula is C22H32IN7O2. The summed E-state index contributed by atoms with van der Waals surface area (Å²) in [5.74, 6) is 3.98. The number of nitrogens with zero attached hydrogens (tertiary/aromatic N) is 4. The lowest BCUT2D eigenvalue weighted by Gasteiger charge is -2.11. The van der Waals surface area contributed by atoms with E-state index in [4.69, 9.17) is 9.47 Å². The van der Waals surface area contributed by atoms with Crippen LogP contribution in [0.15, 0.2) is 35.8 Å². The molecule has 0 fully saturated rings. The predicted octanol–water partition coefficient (Wildman–Crippen LogP) is 3.09. The highest BCUT2D eigenvalue weighted by Gasteiger charge is 2.09. The van der Waals surface area contributed by atoms with Crippen molar-refractivity contribution in [1.82, 2.24) is 30.4 Å². The average molecular weight is 553 g/mol. The third kappa shape index (κ3) is 6.38. The molecule has 0 bridgehead atoms. The monoisotopic (exact) mass is 553 g/mol. The summed E-state index contributed by atoms with van der Waals surface area (Å²) >= 11 is 0. The largest absolute Gasteiger partial charge is 0.497 e. The number of ether oxygens (including phenoxy) is 2. The third-order valence-corrected chi connectivity index (χ3v) is 5.08. The topological polar surface area (TPSA) is 101 Å². The first-order chi connectivity index (χ1) is 15.0. The van der Waals surface area contributed by atoms with E-state index < -0.39 is 0 Å². The normalized spacial score (nSPS) is 11.2. The summed E-state index contributed by atoms with van der Waals surface area (Å²) in [4.78, 5) is 8.07. The second kappa shape index (κ2) is 12.3. The fraction of sp³-hybridized carbons (Fsp3) is 0.409. The number of aromatic nitrogens is 4. The van der Waals surface area contributed by atoms with Gasteiger partial charge in [0.05, 0.1) is 19.7 Å². The Morgan fingerprint density at radius 3 is 2.69 bits per heavy atom. The van der Waals surface area contributed by atoms with Gasteiger partial charge in [-0.05, 0) is 25.8 Å². The Morgan fingerprint density at radius 2 is 2.03 bits per heavy atom. The van der Waals surface area contributed by atoms with Crippen LogP contribution < -0.4 is 20.1 Å². The van der Waals surface area contributed by atoms with Gasteiger partial charge in [-0.15, -0.1) is 40.8 Å². The minimum atomic E-state index is 0. The highest BCUT2D eigenvalue weighted by atomic mass is 127. The molecule has 9 nitrogen and oxygen atoms in total. The van der Waals surface area contributed by atoms with Crippen molar-refractivity contribution in [3.05, 3.63) is 48.2 Å². The Labute approximate surface area is 205 Å². The van der Waals surface area contributed by atoms with Gasteiger partial charge in [0.25, 0.3) is 0 Å². The number of rotatable bonds is 10. The highest BCUT2D eigenvalue weighted by Crippen LogP contribution is 2.31. The van der Waals surface area contributed by atoms with E-state index in [9.17, 15) is 0 Å². The van der Waals surface area contributed by atoms with Crippen LogP contribution in [0.4, 0.5) is 0 Å². The highest BCUT2D eigenvalue weighted by molar-refractivity contribution is 14.0. The van der Waals surface area contributed by atoms with E-state index in [1.807, 2.05) is 30.7 Å². The number of fused-ring (bicyclic) bond motifs is 1. The van der Waals surface area contributed by atoms with Gasteiger partial charge in [-0.1, -0.05) is 6.08 Å². The summed E-state index contributed by atoms with van der Waals surface area (Å²) in [5, 5.41) is 15.9. The van der Waals surface area contributed by atoms with Crippen molar-refractivity contribution in [1.29, 1.82) is 0 Å². The van der Waals surface area contributed by atoms with Crippen LogP contribution in [0.1, 0.15) is 23.8 Å². The zero-order valence-electron chi connectivity index (χ0n) is 19.1. The Hall–Kier alpha value is -2.76. The number of nitrogens with one attached hydrogen (secondary N) is 3. The summed E-state index contributed by atoms with van der Waals surface area (Å²) in [6.07, 6.45) is 3.63. The van der Waals surface area contributed by atoms with Gasteiger partial charge in [0.1, 0.15) is 23.9 Å². The SMILES string of the molecule is C=CCNC(=NCc1nnc(C)n1C)NCCCc1cc2c(OC)cc(OC)cc2[nH]1.I. The number of guanidine groups is 1. The van der Waals surface area contributed by atoms with Crippen molar-refractivity contribution >= 4 is 40.8 Å². The minimum Gasteiger partial charge on any atom is -0.497 e. The van der Waals surface area contributed by atoms with Crippen LogP contribution in [0, 0.1) is 6.92 Å². The van der Waals surface area contributed by atoms with E-state index in [1.54, 1.807) is 20.3 Å². The van der Waals surface area contributed by atoms with Gasteiger partial charge in [-0.25, -0.2) is 4.99 Å². The molecule has 0 amide bonds. The lowest BCUT2D eigenvalue weighted by molar-refractivity contribution is 0.398. The summed E-state index contributed by atoms with van der Waals surface area (Å²) in [5.41, 5.74) is 2.16. The van der Waals surface area contributed by atoms with E-state index >= 15 is 0 Å². The molecule has 0 saturated carbocycles. The standard InChI is InChI=1S/C22H31N7O2.HI/c1-6-9-23-22(25-14-21-28-27-15(2)29(21)3)24-10-7-8-16-11-18-19(26-16)12-17(30-4)13-20(18)31-5;/h6,11-13,26H,1,7-10,14H2,2-5H3,(H2,23,24,25);1H. The Morgan fingerprint density at radius 1 is 1.22 bits per heavy atom. The van der Waals surface area contributed by atoms with Crippen LogP contribution in [-0.4, -0.2) is 53.0 Å². The third-order valence-electron chi connectivity index (χ3n) is 5.08. The van der Waals surface area contributed by atoms with Crippen molar-refractivity contribution in [2.24, 2.45) is 12.0 Å². The number of hydrogen-bond acceptors (Lipinski definition) is 5. The van der Waals surface area contributed by atoms with Crippen LogP contribution in [0.25, 0.3) is 10.9 Å². The summed E-state index contributed by atoms with van der Waals surface area (Å²) in [7, 11) is 5.26. The Kier molecular flexibility index (Phi) is 9.82. The molecule has 3 aromatic rings. The van der Waals surface area contributed by atoms with E-state index in [0.29, 0.717) is 13.1 Å². The number of methoxy groups -OCH3 is 2. The van der Waals surface area contributed by atoms with Gasteiger partial charge in [-0.2, -0.15) is 0 Å². The number of aryl methyl sites for hydroxylation is 2. The lowest BCUT2D eigenvalue weighted by atomic mass is 10.2. The number of aromatic amines is 1. The molecule has 0 aliphatic rings. The second-order valence-corrected chi connectivity index (χ2v) is 7.17. The fourth-order valence-electron chi connectivity index (χ4n) is 3.23. The molecule has 2 heterocycles. The minimum absolute atomic E-state index is 0. The van der Waals surface area contributed by atoms with Gasteiger partial charge in [0.2, 0.25) is 0 Å². The molecule has 0 unspecified atom stereocenters. The molecule has 0 spiro atoms. The molecule has 3 rings (SSSR count). The molecule has 0 aliphatic heterocycles. The van der Waals surface area contributed by atoms with Crippen molar-refractivity contribution in [3.63, 3.8) is 0 Å². The predicted molar refractivity (Wildman–Crippen MR) is 138 cm³/mol. The fourth-order valence-corrected chi connectivity index (χ4v) is 3.23. The van der Waals surface area contributed by atoms with Crippen LogP contribution in [0.2, 0.25) is 0 Å². The molecule has 0 atom stereocenters. The lowest BCUT2D eigenvalue weighted by Crippen LogP contribution is -2.38. The molecule has 0 aliphatic carbocycles. The van der Waals surface area contributed by atoms with Gasteiger partial charge in [0, 0.05) is 43.4 Å². The first kappa shape index (κ1) is 25.5. The molecule has 0 saturated heterocycles. The number of halogens is 1. The van der Waals surface area contributed by atoms with Gasteiger partial charge in [-0.3, -0.25) is 0 Å². The average Bonchev–Trinajstić information content (AvgIpc) is 3.34. The van der Waals surface area contributed by atoms with E-state index in [-0.39, 0.29) is 24.0 Å². The zero-order chi connectivity index (χ0) is 22.2. The van der Waals surface area contributed by atoms with Crippen molar-refractivity contribution in [2.45, 2.75) is 26.3 Å². The van der Waals surface area contributed by atoms with Crippen LogP contribution in [0.5, 0.6) is 11.5 Å². The van der Waals surface area contributed by atoms with Gasteiger partial charge >= 0.3 is 0 Å². The number of benzene rings is 1. The van der Waals surface area contributed by atoms with Crippen LogP contribution in [0.3, 0.4) is 0 Å². The molecule has 0 radical (unpaired) electrons. The second-order valence-electron chi connectivity index (χ2n) is 7.17. The van der Waals surface area contributed by atoms with E-state index in [0.717, 1.165) is 65.1 Å². The maximum Gasteiger partial charge on any atom is 0.191 e. The van der Waals surface area contributed by atoms with E-state index in [2.05, 4.69) is 43.5 Å². The molecular weight excluding hydrogens is 521 g/mol. The zero-order valence-corrected chi connectivity index (χ0v) is 21.4. The first-order valence-electron chi connectivity index (χ1n) is 10.3.